The Morgan fingerprint density at radius 2 is 2.25 bits per heavy atom. The molecule has 1 fully saturated rings. The summed E-state index contributed by atoms with van der Waals surface area (Å²) in [7, 11) is 1.73. The van der Waals surface area contributed by atoms with Crippen LogP contribution in [0.5, 0.6) is 5.75 Å². The fourth-order valence-corrected chi connectivity index (χ4v) is 2.76. The van der Waals surface area contributed by atoms with E-state index >= 15 is 0 Å². The Hall–Kier alpha value is -1.22. The normalized spacial score (nSPS) is 19.4. The smallest absolute Gasteiger partial charge is 0.120 e. The van der Waals surface area contributed by atoms with Crippen molar-refractivity contribution in [3.63, 3.8) is 0 Å². The van der Waals surface area contributed by atoms with Gasteiger partial charge < -0.3 is 15.0 Å². The lowest BCUT2D eigenvalue weighted by Crippen LogP contribution is -2.46. The van der Waals surface area contributed by atoms with E-state index in [1.807, 2.05) is 6.07 Å². The number of piperidine rings is 1. The molecule has 3 heteroatoms. The van der Waals surface area contributed by atoms with E-state index < -0.39 is 0 Å². The van der Waals surface area contributed by atoms with Crippen molar-refractivity contribution in [2.24, 2.45) is 5.92 Å². The Balaban J connectivity index is 1.89. The molecule has 1 heterocycles. The van der Waals surface area contributed by atoms with Gasteiger partial charge in [0.2, 0.25) is 0 Å². The number of methoxy groups -OCH3 is 1. The van der Waals surface area contributed by atoms with Gasteiger partial charge in [0.05, 0.1) is 7.11 Å². The summed E-state index contributed by atoms with van der Waals surface area (Å²) in [5.74, 6) is 1.72. The van der Waals surface area contributed by atoms with Gasteiger partial charge in [0.15, 0.2) is 0 Å². The predicted molar refractivity (Wildman–Crippen MR) is 85.7 cm³/mol. The molecule has 1 aliphatic rings. The van der Waals surface area contributed by atoms with Crippen molar-refractivity contribution in [1.82, 2.24) is 5.32 Å². The van der Waals surface area contributed by atoms with Crippen LogP contribution in [0.3, 0.4) is 0 Å². The first-order valence-corrected chi connectivity index (χ1v) is 7.81. The van der Waals surface area contributed by atoms with Gasteiger partial charge in [-0.05, 0) is 43.9 Å². The molecule has 0 aliphatic carbocycles. The van der Waals surface area contributed by atoms with Crippen molar-refractivity contribution in [2.45, 2.75) is 39.2 Å². The van der Waals surface area contributed by atoms with Crippen LogP contribution in [0.4, 0.5) is 5.69 Å². The summed E-state index contributed by atoms with van der Waals surface area (Å²) in [5.41, 5.74) is 1.28. The average molecular weight is 276 g/mol. The van der Waals surface area contributed by atoms with Crippen LogP contribution >= 0.6 is 0 Å². The molecule has 1 aliphatic heterocycles. The second-order valence-electron chi connectivity index (χ2n) is 6.12. The maximum Gasteiger partial charge on any atom is 0.120 e. The maximum absolute atomic E-state index is 5.32. The zero-order chi connectivity index (χ0) is 14.4. The molecule has 1 saturated heterocycles. The van der Waals surface area contributed by atoms with Crippen molar-refractivity contribution in [2.75, 3.05) is 31.6 Å². The zero-order valence-corrected chi connectivity index (χ0v) is 13.1. The number of ether oxygens (including phenoxy) is 1. The molecule has 0 aromatic heterocycles. The fraction of sp³-hybridized carbons (Fsp3) is 0.647. The highest BCUT2D eigenvalue weighted by atomic mass is 16.5. The number of rotatable bonds is 6. The molecule has 0 bridgehead atoms. The summed E-state index contributed by atoms with van der Waals surface area (Å²) < 4.78 is 5.32. The van der Waals surface area contributed by atoms with Crippen LogP contribution in [0.1, 0.15) is 33.1 Å². The number of anilines is 1. The van der Waals surface area contributed by atoms with Crippen LogP contribution < -0.4 is 15.0 Å². The van der Waals surface area contributed by atoms with E-state index in [0.717, 1.165) is 31.3 Å². The van der Waals surface area contributed by atoms with E-state index in [-0.39, 0.29) is 0 Å². The number of hydrogen-bond donors (Lipinski definition) is 1. The summed E-state index contributed by atoms with van der Waals surface area (Å²) >= 11 is 0. The second kappa shape index (κ2) is 7.53. The third-order valence-corrected chi connectivity index (χ3v) is 3.99. The highest BCUT2D eigenvalue weighted by Crippen LogP contribution is 2.24. The predicted octanol–water partition coefficient (Wildman–Crippen LogP) is 3.30. The molecule has 1 N–H and O–H groups in total. The summed E-state index contributed by atoms with van der Waals surface area (Å²) in [6.45, 7) is 7.95. The first kappa shape index (κ1) is 15.2. The maximum atomic E-state index is 5.32. The lowest BCUT2D eigenvalue weighted by atomic mass is 10.0. The van der Waals surface area contributed by atoms with Crippen molar-refractivity contribution in [3.05, 3.63) is 24.3 Å². The number of benzene rings is 1. The van der Waals surface area contributed by atoms with E-state index in [2.05, 4.69) is 42.3 Å². The largest absolute Gasteiger partial charge is 0.497 e. The minimum Gasteiger partial charge on any atom is -0.497 e. The summed E-state index contributed by atoms with van der Waals surface area (Å²) in [5, 5.41) is 3.71. The molecule has 0 saturated carbocycles. The summed E-state index contributed by atoms with van der Waals surface area (Å²) in [4.78, 5) is 2.47. The van der Waals surface area contributed by atoms with Gasteiger partial charge in [-0.2, -0.15) is 0 Å². The van der Waals surface area contributed by atoms with Gasteiger partial charge in [-0.15, -0.1) is 0 Å². The number of hydrogen-bond acceptors (Lipinski definition) is 3. The first-order chi connectivity index (χ1) is 9.69. The quantitative estimate of drug-likeness (QED) is 0.863. The first-order valence-electron chi connectivity index (χ1n) is 7.81. The summed E-state index contributed by atoms with van der Waals surface area (Å²) in [6, 6.07) is 9.01. The Morgan fingerprint density at radius 1 is 1.40 bits per heavy atom. The molecule has 1 unspecified atom stereocenters. The third kappa shape index (κ3) is 4.41. The third-order valence-electron chi connectivity index (χ3n) is 3.99. The van der Waals surface area contributed by atoms with Gasteiger partial charge >= 0.3 is 0 Å². The van der Waals surface area contributed by atoms with E-state index in [1.54, 1.807) is 7.11 Å². The standard InChI is InChI=1S/C17H28N2O/c1-14(2)9-10-18-15-6-5-11-19(13-15)16-7-4-8-17(12-16)20-3/h4,7-8,12,14-15,18H,5-6,9-11,13H2,1-3H3. The topological polar surface area (TPSA) is 24.5 Å². The lowest BCUT2D eigenvalue weighted by molar-refractivity contribution is 0.403. The van der Waals surface area contributed by atoms with Crippen LogP contribution in [-0.4, -0.2) is 32.8 Å². The summed E-state index contributed by atoms with van der Waals surface area (Å²) in [6.07, 6.45) is 3.81. The van der Waals surface area contributed by atoms with Crippen molar-refractivity contribution >= 4 is 5.69 Å². The molecular formula is C17H28N2O. The Morgan fingerprint density at radius 3 is 3.00 bits per heavy atom. The minimum absolute atomic E-state index is 0.619. The highest BCUT2D eigenvalue weighted by molar-refractivity contribution is 5.51. The molecule has 1 aromatic rings. The van der Waals surface area contributed by atoms with Crippen LogP contribution in [0, 0.1) is 5.92 Å². The minimum atomic E-state index is 0.619. The van der Waals surface area contributed by atoms with Gasteiger partial charge in [-0.3, -0.25) is 0 Å². The van der Waals surface area contributed by atoms with E-state index in [0.29, 0.717) is 6.04 Å². The van der Waals surface area contributed by atoms with Crippen LogP contribution in [0.25, 0.3) is 0 Å². The molecule has 0 radical (unpaired) electrons. The SMILES string of the molecule is COc1cccc(N2CCCC(NCCC(C)C)C2)c1. The molecule has 20 heavy (non-hydrogen) atoms. The monoisotopic (exact) mass is 276 g/mol. The number of nitrogens with zero attached hydrogens (tertiary/aromatic N) is 1. The number of nitrogens with one attached hydrogen (secondary N) is 1. The molecule has 1 aromatic carbocycles. The van der Waals surface area contributed by atoms with Gasteiger partial charge in [0.1, 0.15) is 5.75 Å². The average Bonchev–Trinajstić information content (AvgIpc) is 2.47. The van der Waals surface area contributed by atoms with Crippen molar-refractivity contribution in [1.29, 1.82) is 0 Å². The van der Waals surface area contributed by atoms with Gasteiger partial charge in [0, 0.05) is 30.9 Å². The fourth-order valence-electron chi connectivity index (χ4n) is 2.76. The molecular weight excluding hydrogens is 248 g/mol. The molecule has 2 rings (SSSR count). The Labute approximate surface area is 123 Å². The molecule has 0 spiro atoms. The molecule has 112 valence electrons. The van der Waals surface area contributed by atoms with E-state index in [1.165, 1.54) is 24.9 Å². The van der Waals surface area contributed by atoms with Gasteiger partial charge in [-0.25, -0.2) is 0 Å². The second-order valence-corrected chi connectivity index (χ2v) is 6.12. The molecule has 0 amide bonds. The Bertz CT molecular complexity index is 406. The van der Waals surface area contributed by atoms with E-state index in [4.69, 9.17) is 4.74 Å². The van der Waals surface area contributed by atoms with Crippen molar-refractivity contribution in [3.8, 4) is 5.75 Å². The van der Waals surface area contributed by atoms with Gasteiger partial charge in [-0.1, -0.05) is 19.9 Å². The van der Waals surface area contributed by atoms with E-state index in [9.17, 15) is 0 Å². The van der Waals surface area contributed by atoms with Gasteiger partial charge in [0.25, 0.3) is 0 Å². The lowest BCUT2D eigenvalue weighted by Gasteiger charge is -2.35. The van der Waals surface area contributed by atoms with Crippen molar-refractivity contribution < 1.29 is 4.74 Å². The van der Waals surface area contributed by atoms with Crippen LogP contribution in [-0.2, 0) is 0 Å². The molecule has 1 atom stereocenters. The van der Waals surface area contributed by atoms with Crippen LogP contribution in [0.15, 0.2) is 24.3 Å². The highest BCUT2D eigenvalue weighted by Gasteiger charge is 2.19. The van der Waals surface area contributed by atoms with Crippen LogP contribution in [0.2, 0.25) is 0 Å². The zero-order valence-electron chi connectivity index (χ0n) is 13.1. The Kier molecular flexibility index (Phi) is 5.72. The molecule has 3 nitrogen and oxygen atoms in total.